The lowest BCUT2D eigenvalue weighted by Gasteiger charge is -2.34. The number of likely N-dealkylation sites (N-methyl/N-ethyl adjacent to an activating group) is 1. The lowest BCUT2D eigenvalue weighted by molar-refractivity contribution is -0.147. The number of benzene rings is 1. The zero-order valence-corrected chi connectivity index (χ0v) is 24.7. The smallest absolute Gasteiger partial charge is 0.252 e. The number of aliphatic hydroxyl groups excluding tert-OH is 1. The van der Waals surface area contributed by atoms with Gasteiger partial charge in [0.05, 0.1) is 12.6 Å². The van der Waals surface area contributed by atoms with E-state index in [0.29, 0.717) is 24.9 Å². The minimum atomic E-state index is -1.24. The molecule has 3 heterocycles. The molecular formula is C30H45N5O5. The molecule has 40 heavy (non-hydrogen) atoms. The van der Waals surface area contributed by atoms with Crippen molar-refractivity contribution >= 4 is 29.2 Å². The van der Waals surface area contributed by atoms with Gasteiger partial charge in [0, 0.05) is 44.0 Å². The monoisotopic (exact) mass is 555 g/mol. The van der Waals surface area contributed by atoms with Gasteiger partial charge >= 0.3 is 0 Å². The van der Waals surface area contributed by atoms with Crippen molar-refractivity contribution in [2.75, 3.05) is 51.2 Å². The third-order valence-electron chi connectivity index (χ3n) is 8.35. The lowest BCUT2D eigenvalue weighted by Crippen LogP contribution is -2.53. The van der Waals surface area contributed by atoms with Crippen LogP contribution in [0.4, 0.5) is 5.69 Å². The number of ketones is 1. The highest BCUT2D eigenvalue weighted by Gasteiger charge is 2.53. The average Bonchev–Trinajstić information content (AvgIpc) is 3.48. The minimum absolute atomic E-state index is 0.119. The molecule has 10 heteroatoms. The summed E-state index contributed by atoms with van der Waals surface area (Å²) in [5, 5.41) is 13.5. The number of carbonyl (C=O) groups is 4. The summed E-state index contributed by atoms with van der Waals surface area (Å²) in [5.74, 6) is -1.19. The van der Waals surface area contributed by atoms with Crippen molar-refractivity contribution in [1.29, 1.82) is 0 Å². The maximum Gasteiger partial charge on any atom is 0.252 e. The average molecular weight is 556 g/mol. The van der Waals surface area contributed by atoms with Gasteiger partial charge in [0.15, 0.2) is 5.78 Å². The van der Waals surface area contributed by atoms with Crippen LogP contribution in [0.3, 0.4) is 0 Å². The van der Waals surface area contributed by atoms with Crippen molar-refractivity contribution in [2.45, 2.75) is 71.7 Å². The molecule has 0 aliphatic carbocycles. The van der Waals surface area contributed by atoms with Crippen molar-refractivity contribution in [3.8, 4) is 0 Å². The SMILES string of the molecule is CC(C)CC(NC(=O)c1ccc(N2CCN(C)CC2)cc1)C(=O)N1CCC2C1C(=O)CN2C(=O)C(O)C(C)(C)C. The van der Waals surface area contributed by atoms with Crippen LogP contribution in [0.25, 0.3) is 0 Å². The highest BCUT2D eigenvalue weighted by Crippen LogP contribution is 2.33. The molecule has 3 aliphatic rings. The molecular weight excluding hydrogens is 510 g/mol. The van der Waals surface area contributed by atoms with Crippen LogP contribution in [0.1, 0.15) is 57.8 Å². The first kappa shape index (κ1) is 30.0. The van der Waals surface area contributed by atoms with Crippen molar-refractivity contribution in [2.24, 2.45) is 11.3 Å². The lowest BCUT2D eigenvalue weighted by atomic mass is 9.88. The number of hydrogen-bond donors (Lipinski definition) is 2. The third kappa shape index (κ3) is 6.33. The van der Waals surface area contributed by atoms with Gasteiger partial charge in [-0.1, -0.05) is 34.6 Å². The number of piperazine rings is 1. The summed E-state index contributed by atoms with van der Waals surface area (Å²) in [6, 6.07) is 5.46. The number of Topliss-reactive ketones (excluding diaryl/α,β-unsaturated/α-hetero) is 1. The van der Waals surface area contributed by atoms with Crippen LogP contribution in [0, 0.1) is 11.3 Å². The van der Waals surface area contributed by atoms with Gasteiger partial charge in [0.25, 0.3) is 11.8 Å². The van der Waals surface area contributed by atoms with Gasteiger partial charge in [0.2, 0.25) is 5.91 Å². The second kappa shape index (κ2) is 11.9. The van der Waals surface area contributed by atoms with Crippen LogP contribution in [0.5, 0.6) is 0 Å². The molecule has 4 atom stereocenters. The predicted octanol–water partition coefficient (Wildman–Crippen LogP) is 1.37. The molecule has 10 nitrogen and oxygen atoms in total. The Balaban J connectivity index is 1.45. The minimum Gasteiger partial charge on any atom is -0.383 e. The first-order chi connectivity index (χ1) is 18.8. The number of nitrogens with zero attached hydrogens (tertiary/aromatic N) is 4. The van der Waals surface area contributed by atoms with E-state index in [9.17, 15) is 24.3 Å². The quantitative estimate of drug-likeness (QED) is 0.523. The Morgan fingerprint density at radius 1 is 0.975 bits per heavy atom. The van der Waals surface area contributed by atoms with Gasteiger partial charge in [-0.15, -0.1) is 0 Å². The first-order valence-corrected chi connectivity index (χ1v) is 14.4. The van der Waals surface area contributed by atoms with Gasteiger partial charge in [0.1, 0.15) is 18.2 Å². The number of fused-ring (bicyclic) bond motifs is 1. The molecule has 4 rings (SSSR count). The molecule has 1 aromatic carbocycles. The van der Waals surface area contributed by atoms with Crippen LogP contribution in [0.15, 0.2) is 24.3 Å². The summed E-state index contributed by atoms with van der Waals surface area (Å²) in [5.41, 5.74) is 0.878. The Morgan fingerprint density at radius 3 is 2.17 bits per heavy atom. The summed E-state index contributed by atoms with van der Waals surface area (Å²) in [7, 11) is 2.11. The van der Waals surface area contributed by atoms with E-state index in [4.69, 9.17) is 0 Å². The van der Waals surface area contributed by atoms with Crippen molar-refractivity contribution in [1.82, 2.24) is 20.0 Å². The number of carbonyl (C=O) groups excluding carboxylic acids is 4. The summed E-state index contributed by atoms with van der Waals surface area (Å²) in [6.45, 7) is 13.3. The van der Waals surface area contributed by atoms with Crippen molar-refractivity contribution in [3.05, 3.63) is 29.8 Å². The van der Waals surface area contributed by atoms with Crippen LogP contribution < -0.4 is 10.2 Å². The molecule has 4 unspecified atom stereocenters. The zero-order valence-electron chi connectivity index (χ0n) is 24.7. The molecule has 3 fully saturated rings. The molecule has 3 amide bonds. The van der Waals surface area contributed by atoms with Gasteiger partial charge in [-0.25, -0.2) is 0 Å². The van der Waals surface area contributed by atoms with E-state index in [-0.39, 0.29) is 30.1 Å². The van der Waals surface area contributed by atoms with Crippen LogP contribution in [0.2, 0.25) is 0 Å². The molecule has 3 aliphatic heterocycles. The summed E-state index contributed by atoms with van der Waals surface area (Å²) < 4.78 is 0. The second-order valence-corrected chi connectivity index (χ2v) is 13.0. The molecule has 1 aromatic rings. The summed E-state index contributed by atoms with van der Waals surface area (Å²) in [6.07, 6.45) is -0.349. The van der Waals surface area contributed by atoms with E-state index < -0.39 is 35.6 Å². The fraction of sp³-hybridized carbons (Fsp3) is 0.667. The van der Waals surface area contributed by atoms with E-state index in [1.54, 1.807) is 32.9 Å². The number of rotatable bonds is 7. The van der Waals surface area contributed by atoms with E-state index >= 15 is 0 Å². The highest BCUT2D eigenvalue weighted by molar-refractivity contribution is 6.01. The summed E-state index contributed by atoms with van der Waals surface area (Å²) in [4.78, 5) is 60.7. The molecule has 0 aromatic heterocycles. The maximum atomic E-state index is 13.8. The molecule has 220 valence electrons. The Bertz CT molecular complexity index is 1110. The topological polar surface area (TPSA) is 114 Å². The zero-order chi connectivity index (χ0) is 29.4. The Kier molecular flexibility index (Phi) is 8.89. The van der Waals surface area contributed by atoms with E-state index in [0.717, 1.165) is 31.9 Å². The van der Waals surface area contributed by atoms with Gasteiger partial charge in [-0.05, 0) is 55.5 Å². The first-order valence-electron chi connectivity index (χ1n) is 14.4. The Morgan fingerprint density at radius 2 is 1.60 bits per heavy atom. The number of likely N-dealkylation sites (tertiary alicyclic amines) is 2. The van der Waals surface area contributed by atoms with Crippen molar-refractivity contribution < 1.29 is 24.3 Å². The normalized spacial score (nSPS) is 23.4. The Hall–Kier alpha value is -2.98. The second-order valence-electron chi connectivity index (χ2n) is 13.0. The van der Waals surface area contributed by atoms with Crippen LogP contribution >= 0.6 is 0 Å². The van der Waals surface area contributed by atoms with Gasteiger partial charge in [-0.3, -0.25) is 19.2 Å². The maximum absolute atomic E-state index is 13.8. The molecule has 3 saturated heterocycles. The molecule has 0 saturated carbocycles. The van der Waals surface area contributed by atoms with E-state index in [1.807, 2.05) is 26.0 Å². The van der Waals surface area contributed by atoms with Crippen LogP contribution in [-0.4, -0.2) is 114 Å². The molecule has 0 bridgehead atoms. The standard InChI is InChI=1S/C30H45N5O5/c1-19(2)17-22(31-27(38)20-7-9-21(10-8-20)33-15-13-32(6)14-16-33)28(39)34-12-11-23-25(34)24(36)18-35(23)29(40)26(37)30(3,4)5/h7-10,19,22-23,25-26,37H,11-18H2,1-6H3,(H,31,38). The largest absolute Gasteiger partial charge is 0.383 e. The third-order valence-corrected chi connectivity index (χ3v) is 8.35. The Labute approximate surface area is 237 Å². The number of anilines is 1. The highest BCUT2D eigenvalue weighted by atomic mass is 16.3. The number of aliphatic hydroxyl groups is 1. The van der Waals surface area contributed by atoms with Gasteiger partial charge < -0.3 is 30.0 Å². The number of hydrogen-bond acceptors (Lipinski definition) is 7. The van der Waals surface area contributed by atoms with E-state index in [2.05, 4.69) is 22.2 Å². The van der Waals surface area contributed by atoms with Crippen molar-refractivity contribution in [3.63, 3.8) is 0 Å². The number of nitrogens with one attached hydrogen (secondary N) is 1. The van der Waals surface area contributed by atoms with Gasteiger partial charge in [-0.2, -0.15) is 0 Å². The van der Waals surface area contributed by atoms with E-state index in [1.165, 1.54) is 9.80 Å². The predicted molar refractivity (Wildman–Crippen MR) is 153 cm³/mol. The van der Waals surface area contributed by atoms with Crippen LogP contribution in [-0.2, 0) is 14.4 Å². The molecule has 0 spiro atoms. The molecule has 0 radical (unpaired) electrons. The fourth-order valence-electron chi connectivity index (χ4n) is 5.91. The molecule has 2 N–H and O–H groups in total. The summed E-state index contributed by atoms with van der Waals surface area (Å²) >= 11 is 0. The fourth-order valence-corrected chi connectivity index (χ4v) is 5.91. The number of amides is 3.